The van der Waals surface area contributed by atoms with Crippen LogP contribution in [-0.2, 0) is 0 Å². The summed E-state index contributed by atoms with van der Waals surface area (Å²) in [4.78, 5) is 0. The van der Waals surface area contributed by atoms with Gasteiger partial charge in [-0.2, -0.15) is 0 Å². The Kier molecular flexibility index (Phi) is 3.59. The van der Waals surface area contributed by atoms with E-state index < -0.39 is 0 Å². The number of halogens is 1. The molecular weight excluding hydrogens is 424 g/mol. The molecule has 0 aliphatic heterocycles. The highest BCUT2D eigenvalue weighted by Gasteiger charge is 2.10. The zero-order valence-corrected chi connectivity index (χ0v) is 17.3. The molecule has 1 aromatic heterocycles. The van der Waals surface area contributed by atoms with Crippen LogP contribution in [0.5, 0.6) is 0 Å². The maximum Gasteiger partial charge on any atom is 0.0362 e. The van der Waals surface area contributed by atoms with Crippen molar-refractivity contribution < 1.29 is 0 Å². The average molecular weight is 439 g/mol. The predicted molar refractivity (Wildman–Crippen MR) is 127 cm³/mol. The van der Waals surface area contributed by atoms with Gasteiger partial charge in [-0.25, -0.2) is 0 Å². The van der Waals surface area contributed by atoms with Crippen LogP contribution in [0.1, 0.15) is 0 Å². The van der Waals surface area contributed by atoms with Gasteiger partial charge in [0, 0.05) is 24.6 Å². The molecule has 132 valence electrons. The lowest BCUT2D eigenvalue weighted by Gasteiger charge is -2.05. The Balaban J connectivity index is 1.63. The quantitative estimate of drug-likeness (QED) is 0.225. The van der Waals surface area contributed by atoms with Crippen molar-refractivity contribution in [2.45, 2.75) is 0 Å². The highest BCUT2D eigenvalue weighted by atomic mass is 79.9. The monoisotopic (exact) mass is 438 g/mol. The highest BCUT2D eigenvalue weighted by Crippen LogP contribution is 2.40. The van der Waals surface area contributed by atoms with Crippen molar-refractivity contribution in [2.24, 2.45) is 0 Å². The van der Waals surface area contributed by atoms with Crippen LogP contribution in [0, 0.1) is 0 Å². The molecule has 0 fully saturated rings. The minimum absolute atomic E-state index is 1.11. The van der Waals surface area contributed by atoms with Gasteiger partial charge in [-0.1, -0.05) is 76.6 Å². The van der Waals surface area contributed by atoms with Gasteiger partial charge in [0.2, 0.25) is 0 Å². The molecule has 0 bridgehead atoms. The summed E-state index contributed by atoms with van der Waals surface area (Å²) in [6.45, 7) is 0. The van der Waals surface area contributed by atoms with Gasteiger partial charge in [0.25, 0.3) is 0 Å². The lowest BCUT2D eigenvalue weighted by Crippen LogP contribution is -1.78. The van der Waals surface area contributed by atoms with E-state index in [0.717, 1.165) is 4.47 Å². The fraction of sp³-hybridized carbons (Fsp3) is 0. The van der Waals surface area contributed by atoms with E-state index in [1.165, 1.54) is 52.8 Å². The molecule has 6 rings (SSSR count). The second-order valence-electron chi connectivity index (χ2n) is 7.18. The third-order valence-corrected chi connectivity index (χ3v) is 7.10. The van der Waals surface area contributed by atoms with E-state index in [1.807, 2.05) is 11.3 Å². The molecule has 5 aromatic carbocycles. The SMILES string of the molecule is Brc1cccc(-c2ccc3c(c2)sc2cc4c(ccc5ccccc54)cc23)c1. The van der Waals surface area contributed by atoms with E-state index in [0.29, 0.717) is 0 Å². The van der Waals surface area contributed by atoms with Crippen LogP contribution in [0.2, 0.25) is 0 Å². The fourth-order valence-electron chi connectivity index (χ4n) is 4.13. The van der Waals surface area contributed by atoms with Crippen molar-refractivity contribution in [3.63, 3.8) is 0 Å². The van der Waals surface area contributed by atoms with E-state index in [2.05, 4.69) is 107 Å². The third-order valence-electron chi connectivity index (χ3n) is 5.49. The number of hydrogen-bond acceptors (Lipinski definition) is 1. The van der Waals surface area contributed by atoms with Gasteiger partial charge in [0.1, 0.15) is 0 Å². The lowest BCUT2D eigenvalue weighted by atomic mass is 9.99. The van der Waals surface area contributed by atoms with Gasteiger partial charge in [-0.15, -0.1) is 11.3 Å². The Labute approximate surface area is 175 Å². The van der Waals surface area contributed by atoms with Crippen molar-refractivity contribution in [1.82, 2.24) is 0 Å². The summed E-state index contributed by atoms with van der Waals surface area (Å²) in [5, 5.41) is 7.96. The first-order valence-electron chi connectivity index (χ1n) is 9.30. The van der Waals surface area contributed by atoms with Crippen LogP contribution in [-0.4, -0.2) is 0 Å². The molecule has 2 heteroatoms. The summed E-state index contributed by atoms with van der Waals surface area (Å²) in [6.07, 6.45) is 0. The molecule has 0 aliphatic carbocycles. The van der Waals surface area contributed by atoms with E-state index in [1.54, 1.807) is 0 Å². The van der Waals surface area contributed by atoms with Crippen LogP contribution in [0.15, 0.2) is 95.5 Å². The average Bonchev–Trinajstić information content (AvgIpc) is 3.09. The number of thiophene rings is 1. The zero-order valence-electron chi connectivity index (χ0n) is 14.9. The molecule has 0 saturated carbocycles. The molecule has 0 saturated heterocycles. The summed E-state index contributed by atoms with van der Waals surface area (Å²) < 4.78 is 3.80. The van der Waals surface area contributed by atoms with Gasteiger partial charge in [-0.3, -0.25) is 0 Å². The van der Waals surface area contributed by atoms with Crippen molar-refractivity contribution in [2.75, 3.05) is 0 Å². The Morgan fingerprint density at radius 2 is 1.32 bits per heavy atom. The van der Waals surface area contributed by atoms with Gasteiger partial charge in [0.15, 0.2) is 0 Å². The minimum atomic E-state index is 1.11. The van der Waals surface area contributed by atoms with Gasteiger partial charge >= 0.3 is 0 Å². The minimum Gasteiger partial charge on any atom is -0.135 e. The topological polar surface area (TPSA) is 0 Å². The van der Waals surface area contributed by atoms with E-state index >= 15 is 0 Å². The van der Waals surface area contributed by atoms with Crippen LogP contribution < -0.4 is 0 Å². The molecule has 0 radical (unpaired) electrons. The van der Waals surface area contributed by atoms with Crippen LogP contribution in [0.4, 0.5) is 0 Å². The second kappa shape index (κ2) is 6.16. The van der Waals surface area contributed by atoms with Gasteiger partial charge in [-0.05, 0) is 63.0 Å². The first-order chi connectivity index (χ1) is 13.8. The van der Waals surface area contributed by atoms with Crippen molar-refractivity contribution >= 4 is 69.0 Å². The van der Waals surface area contributed by atoms with E-state index in [9.17, 15) is 0 Å². The standard InChI is InChI=1S/C26H15BrS/c27-20-6-3-5-17(12-20)18-10-11-22-24-13-19-9-8-16-4-1-2-7-21(16)23(19)15-26(24)28-25(22)14-18/h1-15H. The Hall–Kier alpha value is -2.68. The van der Waals surface area contributed by atoms with Crippen molar-refractivity contribution in [3.8, 4) is 11.1 Å². The second-order valence-corrected chi connectivity index (χ2v) is 9.18. The molecule has 0 aliphatic rings. The van der Waals surface area contributed by atoms with Gasteiger partial charge < -0.3 is 0 Å². The molecule has 1 heterocycles. The maximum atomic E-state index is 3.58. The molecule has 0 atom stereocenters. The van der Waals surface area contributed by atoms with Crippen molar-refractivity contribution in [3.05, 3.63) is 95.5 Å². The molecule has 0 unspecified atom stereocenters. The molecule has 6 aromatic rings. The molecule has 0 N–H and O–H groups in total. The Morgan fingerprint density at radius 1 is 0.500 bits per heavy atom. The predicted octanol–water partition coefficient (Wildman–Crippen LogP) is 8.79. The number of rotatable bonds is 1. The van der Waals surface area contributed by atoms with Crippen LogP contribution >= 0.6 is 27.3 Å². The summed E-state index contributed by atoms with van der Waals surface area (Å²) in [5.41, 5.74) is 2.50. The smallest absolute Gasteiger partial charge is 0.0362 e. The molecule has 0 spiro atoms. The third kappa shape index (κ3) is 2.49. The summed E-state index contributed by atoms with van der Waals surface area (Å²) in [6, 6.07) is 33.2. The van der Waals surface area contributed by atoms with E-state index in [4.69, 9.17) is 0 Å². The number of hydrogen-bond donors (Lipinski definition) is 0. The highest BCUT2D eigenvalue weighted by molar-refractivity contribution is 9.10. The van der Waals surface area contributed by atoms with Gasteiger partial charge in [0.05, 0.1) is 0 Å². The van der Waals surface area contributed by atoms with Crippen molar-refractivity contribution in [1.29, 1.82) is 0 Å². The fourth-order valence-corrected chi connectivity index (χ4v) is 5.69. The number of benzene rings is 5. The van der Waals surface area contributed by atoms with Crippen LogP contribution in [0.25, 0.3) is 52.8 Å². The largest absolute Gasteiger partial charge is 0.135 e. The normalized spacial score (nSPS) is 11.8. The summed E-state index contributed by atoms with van der Waals surface area (Å²) in [7, 11) is 0. The lowest BCUT2D eigenvalue weighted by molar-refractivity contribution is 1.62. The molecule has 28 heavy (non-hydrogen) atoms. The zero-order chi connectivity index (χ0) is 18.7. The first kappa shape index (κ1) is 16.3. The Bertz CT molecular complexity index is 1520. The van der Waals surface area contributed by atoms with Crippen LogP contribution in [0.3, 0.4) is 0 Å². The van der Waals surface area contributed by atoms with E-state index in [-0.39, 0.29) is 0 Å². The number of fused-ring (bicyclic) bond motifs is 6. The first-order valence-corrected chi connectivity index (χ1v) is 10.9. The summed E-state index contributed by atoms with van der Waals surface area (Å²) >= 11 is 5.47. The molecule has 0 amide bonds. The molecule has 0 nitrogen and oxygen atoms in total. The summed E-state index contributed by atoms with van der Waals surface area (Å²) in [5.74, 6) is 0. The Morgan fingerprint density at radius 3 is 2.25 bits per heavy atom. The molecular formula is C26H15BrS. The maximum absolute atomic E-state index is 3.58.